The Morgan fingerprint density at radius 3 is 2.54 bits per heavy atom. The summed E-state index contributed by atoms with van der Waals surface area (Å²) in [5.74, 6) is -0.249. The van der Waals surface area contributed by atoms with Gasteiger partial charge in [-0.15, -0.1) is 6.58 Å². The van der Waals surface area contributed by atoms with Gasteiger partial charge in [-0.25, -0.2) is 0 Å². The number of hydrogen-bond acceptors (Lipinski definition) is 3. The van der Waals surface area contributed by atoms with Crippen LogP contribution in [0.5, 0.6) is 0 Å². The predicted octanol–water partition coefficient (Wildman–Crippen LogP) is 1.87. The third-order valence-corrected chi connectivity index (χ3v) is 1.40. The Balaban J connectivity index is 0. The minimum atomic E-state index is -0.249. The molecule has 0 heterocycles. The Kier molecular flexibility index (Phi) is 12.6. The summed E-state index contributed by atoms with van der Waals surface area (Å²) < 4.78 is 4.46. The van der Waals surface area contributed by atoms with Gasteiger partial charge in [-0.1, -0.05) is 19.9 Å². The van der Waals surface area contributed by atoms with Crippen LogP contribution < -0.4 is 5.73 Å². The lowest BCUT2D eigenvalue weighted by molar-refractivity contribution is -0.141. The molecule has 0 rings (SSSR count). The van der Waals surface area contributed by atoms with Crippen molar-refractivity contribution >= 4 is 5.97 Å². The second kappa shape index (κ2) is 11.2. The van der Waals surface area contributed by atoms with Crippen LogP contribution in [-0.4, -0.2) is 19.1 Å². The van der Waals surface area contributed by atoms with E-state index in [4.69, 9.17) is 5.73 Å². The SMILES string of the molecule is C=CCCC(N)CC(=O)OC.CC. The van der Waals surface area contributed by atoms with Gasteiger partial charge in [-0.05, 0) is 12.8 Å². The van der Waals surface area contributed by atoms with Gasteiger partial charge in [0, 0.05) is 6.04 Å². The van der Waals surface area contributed by atoms with Crippen LogP contribution in [0.3, 0.4) is 0 Å². The van der Waals surface area contributed by atoms with Crippen molar-refractivity contribution in [2.75, 3.05) is 7.11 Å². The van der Waals surface area contributed by atoms with E-state index in [2.05, 4.69) is 11.3 Å². The van der Waals surface area contributed by atoms with Crippen LogP contribution in [0.2, 0.25) is 0 Å². The molecule has 0 aromatic rings. The number of esters is 1. The van der Waals surface area contributed by atoms with Crippen molar-refractivity contribution in [1.29, 1.82) is 0 Å². The van der Waals surface area contributed by atoms with Crippen LogP contribution in [0.4, 0.5) is 0 Å². The van der Waals surface area contributed by atoms with Crippen LogP contribution in [-0.2, 0) is 9.53 Å². The van der Waals surface area contributed by atoms with E-state index in [0.29, 0.717) is 6.42 Å². The quantitative estimate of drug-likeness (QED) is 0.528. The van der Waals surface area contributed by atoms with Crippen molar-refractivity contribution in [3.63, 3.8) is 0 Å². The lowest BCUT2D eigenvalue weighted by Crippen LogP contribution is -2.24. The Morgan fingerprint density at radius 1 is 1.62 bits per heavy atom. The molecule has 2 N–H and O–H groups in total. The molecule has 0 radical (unpaired) electrons. The second-order valence-corrected chi connectivity index (χ2v) is 2.41. The smallest absolute Gasteiger partial charge is 0.307 e. The Hall–Kier alpha value is -0.830. The fourth-order valence-corrected chi connectivity index (χ4v) is 0.731. The molecule has 1 unspecified atom stereocenters. The number of allylic oxidation sites excluding steroid dienone is 1. The van der Waals surface area contributed by atoms with Gasteiger partial charge in [-0.2, -0.15) is 0 Å². The summed E-state index contributed by atoms with van der Waals surface area (Å²) in [6, 6.07) is -0.0968. The zero-order chi connectivity index (χ0) is 10.7. The number of carbonyl (C=O) groups is 1. The van der Waals surface area contributed by atoms with Crippen molar-refractivity contribution in [2.45, 2.75) is 39.2 Å². The van der Waals surface area contributed by atoms with E-state index < -0.39 is 0 Å². The van der Waals surface area contributed by atoms with E-state index in [9.17, 15) is 4.79 Å². The van der Waals surface area contributed by atoms with Gasteiger partial charge in [0.25, 0.3) is 0 Å². The number of methoxy groups -OCH3 is 1. The largest absolute Gasteiger partial charge is 0.469 e. The topological polar surface area (TPSA) is 52.3 Å². The summed E-state index contributed by atoms with van der Waals surface area (Å²) in [7, 11) is 1.36. The normalized spacial score (nSPS) is 10.8. The third kappa shape index (κ3) is 11.2. The lowest BCUT2D eigenvalue weighted by atomic mass is 10.1. The maximum Gasteiger partial charge on any atom is 0.307 e. The van der Waals surface area contributed by atoms with E-state index in [1.54, 1.807) is 6.08 Å². The summed E-state index contributed by atoms with van der Waals surface area (Å²) in [5, 5.41) is 0. The van der Waals surface area contributed by atoms with Gasteiger partial charge in [-0.3, -0.25) is 4.79 Å². The molecule has 78 valence electrons. The molecule has 3 nitrogen and oxygen atoms in total. The van der Waals surface area contributed by atoms with Crippen molar-refractivity contribution < 1.29 is 9.53 Å². The van der Waals surface area contributed by atoms with Gasteiger partial charge in [0.1, 0.15) is 0 Å². The van der Waals surface area contributed by atoms with Crippen LogP contribution in [0.1, 0.15) is 33.1 Å². The van der Waals surface area contributed by atoms with E-state index in [-0.39, 0.29) is 12.0 Å². The highest BCUT2D eigenvalue weighted by atomic mass is 16.5. The molecule has 0 aromatic carbocycles. The van der Waals surface area contributed by atoms with Gasteiger partial charge < -0.3 is 10.5 Å². The van der Waals surface area contributed by atoms with Crippen LogP contribution >= 0.6 is 0 Å². The minimum absolute atomic E-state index is 0.0968. The molecule has 0 aliphatic rings. The van der Waals surface area contributed by atoms with Gasteiger partial charge in [0.05, 0.1) is 13.5 Å². The molecular weight excluding hydrogens is 166 g/mol. The standard InChI is InChI=1S/C8H15NO2.C2H6/c1-3-4-5-7(9)6-8(10)11-2;1-2/h3,7H,1,4-6,9H2,2H3;1-2H3. The molecule has 1 atom stereocenters. The molecule has 3 heteroatoms. The molecule has 0 fully saturated rings. The number of carbonyl (C=O) groups excluding carboxylic acids is 1. The average molecular weight is 187 g/mol. The first kappa shape index (κ1) is 14.7. The Labute approximate surface area is 81.0 Å². The number of nitrogens with two attached hydrogens (primary N) is 1. The van der Waals surface area contributed by atoms with Crippen molar-refractivity contribution in [2.24, 2.45) is 5.73 Å². The summed E-state index contributed by atoms with van der Waals surface area (Å²) in [5.41, 5.74) is 5.59. The Morgan fingerprint density at radius 2 is 2.15 bits per heavy atom. The summed E-state index contributed by atoms with van der Waals surface area (Å²) in [6.45, 7) is 7.56. The van der Waals surface area contributed by atoms with E-state index in [1.807, 2.05) is 13.8 Å². The fourth-order valence-electron chi connectivity index (χ4n) is 0.731. The number of ether oxygens (including phenoxy) is 1. The zero-order valence-corrected chi connectivity index (χ0v) is 8.88. The Bertz CT molecular complexity index is 135. The van der Waals surface area contributed by atoms with Gasteiger partial charge in [0.15, 0.2) is 0 Å². The highest BCUT2D eigenvalue weighted by molar-refractivity contribution is 5.69. The first-order chi connectivity index (χ1) is 6.20. The molecule has 0 aromatic heterocycles. The maximum atomic E-state index is 10.7. The zero-order valence-electron chi connectivity index (χ0n) is 8.88. The van der Waals surface area contributed by atoms with Gasteiger partial charge in [0.2, 0.25) is 0 Å². The summed E-state index contributed by atoms with van der Waals surface area (Å²) >= 11 is 0. The predicted molar refractivity (Wildman–Crippen MR) is 55.4 cm³/mol. The van der Waals surface area contributed by atoms with E-state index in [1.165, 1.54) is 7.11 Å². The fraction of sp³-hybridized carbons (Fsp3) is 0.700. The first-order valence-corrected chi connectivity index (χ1v) is 4.64. The second-order valence-electron chi connectivity index (χ2n) is 2.41. The molecule has 0 aliphatic heterocycles. The summed E-state index contributed by atoms with van der Waals surface area (Å²) in [4.78, 5) is 10.7. The average Bonchev–Trinajstić information content (AvgIpc) is 2.17. The maximum absolute atomic E-state index is 10.7. The van der Waals surface area contributed by atoms with Crippen molar-refractivity contribution in [3.05, 3.63) is 12.7 Å². The first-order valence-electron chi connectivity index (χ1n) is 4.64. The third-order valence-electron chi connectivity index (χ3n) is 1.40. The molecule has 0 saturated heterocycles. The molecule has 0 saturated carbocycles. The highest BCUT2D eigenvalue weighted by Gasteiger charge is 2.07. The van der Waals surface area contributed by atoms with Crippen molar-refractivity contribution in [1.82, 2.24) is 0 Å². The monoisotopic (exact) mass is 187 g/mol. The molecule has 0 aliphatic carbocycles. The van der Waals surface area contributed by atoms with Crippen LogP contribution in [0, 0.1) is 0 Å². The lowest BCUT2D eigenvalue weighted by Gasteiger charge is -2.07. The highest BCUT2D eigenvalue weighted by Crippen LogP contribution is 2.00. The molecule has 0 amide bonds. The van der Waals surface area contributed by atoms with E-state index in [0.717, 1.165) is 12.8 Å². The number of rotatable bonds is 5. The van der Waals surface area contributed by atoms with Crippen molar-refractivity contribution in [3.8, 4) is 0 Å². The van der Waals surface area contributed by atoms with Crippen LogP contribution in [0.15, 0.2) is 12.7 Å². The minimum Gasteiger partial charge on any atom is -0.469 e. The molecule has 0 spiro atoms. The molecule has 0 bridgehead atoms. The van der Waals surface area contributed by atoms with Gasteiger partial charge >= 0.3 is 5.97 Å². The number of hydrogen-bond donors (Lipinski definition) is 1. The van der Waals surface area contributed by atoms with E-state index >= 15 is 0 Å². The summed E-state index contributed by atoms with van der Waals surface area (Å²) in [6.07, 6.45) is 3.72. The van der Waals surface area contributed by atoms with Crippen LogP contribution in [0.25, 0.3) is 0 Å². The molecular formula is C10H21NO2. The molecule has 13 heavy (non-hydrogen) atoms.